The Labute approximate surface area is 79.2 Å². The standard InChI is InChI=1S/C7H8N4O3/c1-4-3-10-6(9-8-4)2-5(12)7(10)11(13)14/h2,4,7H,3H2,1H3. The van der Waals surface area contributed by atoms with Crippen molar-refractivity contribution >= 4 is 5.78 Å². The third-order valence-corrected chi connectivity index (χ3v) is 2.13. The van der Waals surface area contributed by atoms with Gasteiger partial charge in [0.05, 0.1) is 17.5 Å². The zero-order valence-electron chi connectivity index (χ0n) is 7.45. The first kappa shape index (κ1) is 8.79. The highest BCUT2D eigenvalue weighted by atomic mass is 16.6. The smallest absolute Gasteiger partial charge is 0.285 e. The highest BCUT2D eigenvalue weighted by Crippen LogP contribution is 2.25. The van der Waals surface area contributed by atoms with Crippen LogP contribution in [0.4, 0.5) is 0 Å². The van der Waals surface area contributed by atoms with Gasteiger partial charge in [-0.2, -0.15) is 5.11 Å². The van der Waals surface area contributed by atoms with Crippen LogP contribution in [0.15, 0.2) is 22.1 Å². The Kier molecular flexibility index (Phi) is 1.80. The molecule has 0 amide bonds. The minimum atomic E-state index is -1.30. The second-order valence-electron chi connectivity index (χ2n) is 3.28. The van der Waals surface area contributed by atoms with Gasteiger partial charge >= 0.3 is 6.17 Å². The van der Waals surface area contributed by atoms with E-state index in [2.05, 4.69) is 10.2 Å². The van der Waals surface area contributed by atoms with Crippen molar-refractivity contribution in [3.63, 3.8) is 0 Å². The quantitative estimate of drug-likeness (QED) is 0.441. The van der Waals surface area contributed by atoms with Gasteiger partial charge in [-0.3, -0.25) is 19.8 Å². The normalized spacial score (nSPS) is 30.2. The lowest BCUT2D eigenvalue weighted by Gasteiger charge is -2.25. The number of fused-ring (bicyclic) bond motifs is 1. The Hall–Kier alpha value is -1.79. The number of nitrogens with zero attached hydrogens (tertiary/aromatic N) is 4. The zero-order chi connectivity index (χ0) is 10.3. The molecule has 0 fully saturated rings. The van der Waals surface area contributed by atoms with Gasteiger partial charge in [0, 0.05) is 6.08 Å². The van der Waals surface area contributed by atoms with E-state index in [-0.39, 0.29) is 6.04 Å². The van der Waals surface area contributed by atoms with Crippen molar-refractivity contribution in [1.29, 1.82) is 0 Å². The average molecular weight is 196 g/mol. The van der Waals surface area contributed by atoms with E-state index in [1.807, 2.05) is 0 Å². The van der Waals surface area contributed by atoms with Gasteiger partial charge in [0.15, 0.2) is 5.82 Å². The Morgan fingerprint density at radius 2 is 2.43 bits per heavy atom. The second-order valence-corrected chi connectivity index (χ2v) is 3.28. The maximum atomic E-state index is 11.2. The summed E-state index contributed by atoms with van der Waals surface area (Å²) in [7, 11) is 0. The van der Waals surface area contributed by atoms with Gasteiger partial charge in [-0.25, -0.2) is 0 Å². The summed E-state index contributed by atoms with van der Waals surface area (Å²) in [6, 6.07) is -0.111. The van der Waals surface area contributed by atoms with Gasteiger partial charge in [-0.05, 0) is 6.92 Å². The van der Waals surface area contributed by atoms with Crippen LogP contribution in [-0.2, 0) is 4.79 Å². The van der Waals surface area contributed by atoms with Crippen LogP contribution >= 0.6 is 0 Å². The summed E-state index contributed by atoms with van der Waals surface area (Å²) in [4.78, 5) is 22.6. The molecule has 2 rings (SSSR count). The lowest BCUT2D eigenvalue weighted by molar-refractivity contribution is -0.529. The fourth-order valence-corrected chi connectivity index (χ4v) is 1.54. The van der Waals surface area contributed by atoms with E-state index in [0.29, 0.717) is 12.4 Å². The molecule has 0 saturated carbocycles. The number of azo groups is 1. The minimum absolute atomic E-state index is 0.111. The van der Waals surface area contributed by atoms with Crippen molar-refractivity contribution in [2.45, 2.75) is 19.1 Å². The second kappa shape index (κ2) is 2.86. The molecule has 0 aliphatic carbocycles. The van der Waals surface area contributed by atoms with Crippen LogP contribution in [0.1, 0.15) is 6.92 Å². The predicted octanol–water partition coefficient (Wildman–Crippen LogP) is 0.170. The van der Waals surface area contributed by atoms with Crippen molar-refractivity contribution in [1.82, 2.24) is 4.90 Å². The van der Waals surface area contributed by atoms with E-state index < -0.39 is 16.9 Å². The van der Waals surface area contributed by atoms with Crippen LogP contribution in [-0.4, -0.2) is 34.4 Å². The largest absolute Gasteiger partial charge is 0.351 e. The molecule has 2 atom stereocenters. The maximum Gasteiger partial charge on any atom is 0.351 e. The highest BCUT2D eigenvalue weighted by molar-refractivity contribution is 5.96. The summed E-state index contributed by atoms with van der Waals surface area (Å²) < 4.78 is 0. The van der Waals surface area contributed by atoms with Gasteiger partial charge in [-0.15, -0.1) is 5.11 Å². The molecule has 0 saturated heterocycles. The zero-order valence-corrected chi connectivity index (χ0v) is 7.45. The summed E-state index contributed by atoms with van der Waals surface area (Å²) in [5.41, 5.74) is 0. The first-order valence-electron chi connectivity index (χ1n) is 4.16. The molecule has 0 aromatic rings. The van der Waals surface area contributed by atoms with Gasteiger partial charge in [-0.1, -0.05) is 0 Å². The summed E-state index contributed by atoms with van der Waals surface area (Å²) >= 11 is 0. The molecule has 2 heterocycles. The maximum absolute atomic E-state index is 11.2. The third kappa shape index (κ3) is 1.17. The molecule has 7 heteroatoms. The molecule has 0 radical (unpaired) electrons. The van der Waals surface area contributed by atoms with Crippen LogP contribution in [0.25, 0.3) is 0 Å². The topological polar surface area (TPSA) is 88.2 Å². The Bertz CT molecular complexity index is 362. The van der Waals surface area contributed by atoms with Crippen molar-refractivity contribution < 1.29 is 9.72 Å². The van der Waals surface area contributed by atoms with E-state index in [0.717, 1.165) is 0 Å². The first-order chi connectivity index (χ1) is 6.59. The van der Waals surface area contributed by atoms with Gasteiger partial charge in [0.1, 0.15) is 0 Å². The van der Waals surface area contributed by atoms with Gasteiger partial charge in [0.25, 0.3) is 5.78 Å². The monoisotopic (exact) mass is 196 g/mol. The minimum Gasteiger partial charge on any atom is -0.285 e. The number of nitro groups is 1. The highest BCUT2D eigenvalue weighted by Gasteiger charge is 2.44. The van der Waals surface area contributed by atoms with Crippen LogP contribution < -0.4 is 0 Å². The molecule has 0 N–H and O–H groups in total. The summed E-state index contributed by atoms with van der Waals surface area (Å²) in [6.07, 6.45) is -0.130. The molecule has 2 unspecified atom stereocenters. The van der Waals surface area contributed by atoms with E-state index in [1.54, 1.807) is 6.92 Å². The summed E-state index contributed by atoms with van der Waals surface area (Å²) in [5, 5.41) is 18.2. The van der Waals surface area contributed by atoms with Crippen LogP contribution in [0.3, 0.4) is 0 Å². The summed E-state index contributed by atoms with van der Waals surface area (Å²) in [5.74, 6) is -0.229. The molecule has 2 aliphatic rings. The number of hydrogen-bond acceptors (Lipinski definition) is 6. The molecule has 0 aromatic heterocycles. The Morgan fingerprint density at radius 3 is 3.07 bits per heavy atom. The predicted molar refractivity (Wildman–Crippen MR) is 44.9 cm³/mol. The number of carbonyl (C=O) groups excluding carboxylic acids is 1. The number of rotatable bonds is 1. The molecule has 0 bridgehead atoms. The number of hydrogen-bond donors (Lipinski definition) is 0. The van der Waals surface area contributed by atoms with Crippen molar-refractivity contribution in [3.8, 4) is 0 Å². The average Bonchev–Trinajstić information content (AvgIpc) is 2.40. The molecule has 74 valence electrons. The lowest BCUT2D eigenvalue weighted by atomic mass is 10.3. The molecular weight excluding hydrogens is 188 g/mol. The Morgan fingerprint density at radius 1 is 1.71 bits per heavy atom. The fourth-order valence-electron chi connectivity index (χ4n) is 1.54. The summed E-state index contributed by atoms with van der Waals surface area (Å²) in [6.45, 7) is 2.16. The van der Waals surface area contributed by atoms with Crippen molar-refractivity contribution in [2.24, 2.45) is 10.2 Å². The molecule has 0 spiro atoms. The van der Waals surface area contributed by atoms with E-state index >= 15 is 0 Å². The van der Waals surface area contributed by atoms with Crippen LogP contribution in [0, 0.1) is 10.1 Å². The van der Waals surface area contributed by atoms with E-state index in [9.17, 15) is 14.9 Å². The van der Waals surface area contributed by atoms with Gasteiger partial charge in [0.2, 0.25) is 0 Å². The fraction of sp³-hybridized carbons (Fsp3) is 0.571. The van der Waals surface area contributed by atoms with Crippen LogP contribution in [0.2, 0.25) is 0 Å². The Balaban J connectivity index is 2.32. The molecule has 7 nitrogen and oxygen atoms in total. The molecule has 14 heavy (non-hydrogen) atoms. The lowest BCUT2D eigenvalue weighted by Crippen LogP contribution is -2.44. The first-order valence-corrected chi connectivity index (χ1v) is 4.16. The third-order valence-electron chi connectivity index (χ3n) is 2.13. The molecule has 2 aliphatic heterocycles. The van der Waals surface area contributed by atoms with Crippen molar-refractivity contribution in [2.75, 3.05) is 6.54 Å². The SMILES string of the molecule is CC1CN2C(=CC(=O)C2[N+](=O)[O-])N=N1. The van der Waals surface area contributed by atoms with E-state index in [1.165, 1.54) is 11.0 Å². The number of ketones is 1. The van der Waals surface area contributed by atoms with Crippen molar-refractivity contribution in [3.05, 3.63) is 22.0 Å². The molecule has 0 aromatic carbocycles. The van der Waals surface area contributed by atoms with Gasteiger partial charge < -0.3 is 0 Å². The van der Waals surface area contributed by atoms with Crippen LogP contribution in [0.5, 0.6) is 0 Å². The number of carbonyl (C=O) groups is 1. The molecular formula is C7H8N4O3. The van der Waals surface area contributed by atoms with E-state index in [4.69, 9.17) is 0 Å².